The highest BCUT2D eigenvalue weighted by molar-refractivity contribution is 6.30. The smallest absolute Gasteiger partial charge is 0.471 e. The van der Waals surface area contributed by atoms with Crippen LogP contribution in [0.3, 0.4) is 0 Å². The van der Waals surface area contributed by atoms with Crippen LogP contribution in [0.5, 0.6) is 5.75 Å². The molecule has 1 N–H and O–H groups in total. The van der Waals surface area contributed by atoms with Crippen molar-refractivity contribution in [3.8, 4) is 5.75 Å². The number of halogens is 4. The third kappa shape index (κ3) is 5.52. The van der Waals surface area contributed by atoms with Gasteiger partial charge in [-0.2, -0.15) is 13.2 Å². The van der Waals surface area contributed by atoms with E-state index in [9.17, 15) is 22.8 Å². The second-order valence-corrected chi connectivity index (χ2v) is 6.22. The summed E-state index contributed by atoms with van der Waals surface area (Å²) in [5.74, 6) is -1.70. The van der Waals surface area contributed by atoms with Crippen LogP contribution in [0.4, 0.5) is 13.2 Å². The number of amides is 2. The Hall–Kier alpha value is -1.96. The summed E-state index contributed by atoms with van der Waals surface area (Å²) >= 11 is 5.78. The summed E-state index contributed by atoms with van der Waals surface area (Å²) in [6.45, 7) is 2.13. The highest BCUT2D eigenvalue weighted by Crippen LogP contribution is 2.20. The maximum Gasteiger partial charge on any atom is 0.471 e. The SMILES string of the molecule is CC(Oc1ccc(Cl)cc1)C(=O)N1CCC(NC(=O)C(F)(F)F)CC1. The summed E-state index contributed by atoms with van der Waals surface area (Å²) < 4.78 is 42.3. The Kier molecular flexibility index (Phi) is 6.16. The van der Waals surface area contributed by atoms with E-state index >= 15 is 0 Å². The van der Waals surface area contributed by atoms with Gasteiger partial charge >= 0.3 is 12.1 Å². The van der Waals surface area contributed by atoms with E-state index in [0.717, 1.165) is 0 Å². The molecule has 9 heteroatoms. The molecule has 2 rings (SSSR count). The van der Waals surface area contributed by atoms with Crippen molar-refractivity contribution in [3.05, 3.63) is 29.3 Å². The number of rotatable bonds is 4. The van der Waals surface area contributed by atoms with Crippen LogP contribution in [0, 0.1) is 0 Å². The molecule has 0 aromatic heterocycles. The summed E-state index contributed by atoms with van der Waals surface area (Å²) in [5.41, 5.74) is 0. The maximum absolute atomic E-state index is 12.4. The molecule has 2 amide bonds. The second-order valence-electron chi connectivity index (χ2n) is 5.78. The predicted octanol–water partition coefficient (Wildman–Crippen LogP) is 2.78. The molecule has 0 bridgehead atoms. The van der Waals surface area contributed by atoms with Crippen LogP contribution in [-0.2, 0) is 9.59 Å². The number of ether oxygens (including phenoxy) is 1. The van der Waals surface area contributed by atoms with Gasteiger partial charge in [0.1, 0.15) is 5.75 Å². The van der Waals surface area contributed by atoms with E-state index in [2.05, 4.69) is 0 Å². The average molecular weight is 379 g/mol. The van der Waals surface area contributed by atoms with Gasteiger partial charge in [-0.3, -0.25) is 9.59 Å². The Labute approximate surface area is 148 Å². The molecular weight excluding hydrogens is 361 g/mol. The zero-order chi connectivity index (χ0) is 18.6. The lowest BCUT2D eigenvalue weighted by molar-refractivity contribution is -0.174. The lowest BCUT2D eigenvalue weighted by atomic mass is 10.0. The third-order valence-corrected chi connectivity index (χ3v) is 4.13. The summed E-state index contributed by atoms with van der Waals surface area (Å²) in [6, 6.07) is 5.98. The van der Waals surface area contributed by atoms with Crippen molar-refractivity contribution < 1.29 is 27.5 Å². The van der Waals surface area contributed by atoms with Gasteiger partial charge in [-0.25, -0.2) is 0 Å². The van der Waals surface area contributed by atoms with Crippen molar-refractivity contribution >= 4 is 23.4 Å². The van der Waals surface area contributed by atoms with Crippen molar-refractivity contribution in [1.29, 1.82) is 0 Å². The minimum absolute atomic E-state index is 0.254. The number of alkyl halides is 3. The zero-order valence-corrected chi connectivity index (χ0v) is 14.2. The van der Waals surface area contributed by atoms with Crippen LogP contribution in [-0.4, -0.2) is 48.1 Å². The number of benzene rings is 1. The molecule has 1 aliphatic rings. The van der Waals surface area contributed by atoms with Gasteiger partial charge in [0.25, 0.3) is 5.91 Å². The van der Waals surface area contributed by atoms with Crippen molar-refractivity contribution in [3.63, 3.8) is 0 Å². The summed E-state index contributed by atoms with van der Waals surface area (Å²) in [5, 5.41) is 2.50. The van der Waals surface area contributed by atoms with Crippen molar-refractivity contribution in [1.82, 2.24) is 10.2 Å². The van der Waals surface area contributed by atoms with Crippen LogP contribution < -0.4 is 10.1 Å². The minimum atomic E-state index is -4.89. The first-order valence-electron chi connectivity index (χ1n) is 7.75. The van der Waals surface area contributed by atoms with Crippen LogP contribution in [0.15, 0.2) is 24.3 Å². The fourth-order valence-corrected chi connectivity index (χ4v) is 2.66. The normalized spacial score (nSPS) is 17.1. The molecule has 25 heavy (non-hydrogen) atoms. The summed E-state index contributed by atoms with van der Waals surface area (Å²) in [4.78, 5) is 24.8. The molecule has 1 aliphatic heterocycles. The Balaban J connectivity index is 1.82. The first-order chi connectivity index (χ1) is 11.7. The molecule has 1 aromatic carbocycles. The highest BCUT2D eigenvalue weighted by atomic mass is 35.5. The van der Waals surface area contributed by atoms with Gasteiger partial charge in [-0.15, -0.1) is 0 Å². The van der Waals surface area contributed by atoms with Gasteiger partial charge in [-0.1, -0.05) is 11.6 Å². The molecule has 0 saturated carbocycles. The molecule has 1 saturated heterocycles. The van der Waals surface area contributed by atoms with Gasteiger partial charge in [0, 0.05) is 24.2 Å². The number of nitrogens with one attached hydrogen (secondary N) is 1. The molecule has 138 valence electrons. The number of hydrogen-bond donors (Lipinski definition) is 1. The van der Waals surface area contributed by atoms with Gasteiger partial charge < -0.3 is 15.0 Å². The fraction of sp³-hybridized carbons (Fsp3) is 0.500. The lowest BCUT2D eigenvalue weighted by Gasteiger charge is -2.33. The first kappa shape index (κ1) is 19.4. The average Bonchev–Trinajstić information content (AvgIpc) is 2.56. The summed E-state index contributed by atoms with van der Waals surface area (Å²) in [6.07, 6.45) is -5.10. The van der Waals surface area contributed by atoms with Crippen LogP contribution in [0.25, 0.3) is 0 Å². The molecule has 1 atom stereocenters. The van der Waals surface area contributed by atoms with Gasteiger partial charge in [0.2, 0.25) is 0 Å². The highest BCUT2D eigenvalue weighted by Gasteiger charge is 2.40. The molecule has 0 aliphatic carbocycles. The van der Waals surface area contributed by atoms with Gasteiger partial charge in [0.15, 0.2) is 6.10 Å². The molecule has 5 nitrogen and oxygen atoms in total. The Morgan fingerprint density at radius 3 is 2.32 bits per heavy atom. The molecule has 1 aromatic rings. The fourth-order valence-electron chi connectivity index (χ4n) is 2.54. The molecular formula is C16H18ClF3N2O3. The largest absolute Gasteiger partial charge is 0.481 e. The maximum atomic E-state index is 12.4. The Bertz CT molecular complexity index is 614. The molecule has 0 radical (unpaired) electrons. The number of nitrogens with zero attached hydrogens (tertiary/aromatic N) is 1. The monoisotopic (exact) mass is 378 g/mol. The zero-order valence-electron chi connectivity index (χ0n) is 13.5. The van der Waals surface area contributed by atoms with Crippen LogP contribution in [0.2, 0.25) is 5.02 Å². The van der Waals surface area contributed by atoms with E-state index < -0.39 is 24.2 Å². The van der Waals surface area contributed by atoms with Crippen molar-refractivity contribution in [2.75, 3.05) is 13.1 Å². The molecule has 1 heterocycles. The van der Waals surface area contributed by atoms with Crippen LogP contribution in [0.1, 0.15) is 19.8 Å². The number of hydrogen-bond acceptors (Lipinski definition) is 3. The summed E-state index contributed by atoms with van der Waals surface area (Å²) in [7, 11) is 0. The number of piperidine rings is 1. The van der Waals surface area contributed by atoms with Crippen molar-refractivity contribution in [2.24, 2.45) is 0 Å². The van der Waals surface area contributed by atoms with Gasteiger partial charge in [-0.05, 0) is 44.0 Å². The Morgan fingerprint density at radius 1 is 1.24 bits per heavy atom. The molecule has 1 fully saturated rings. The quantitative estimate of drug-likeness (QED) is 0.876. The number of carbonyl (C=O) groups is 2. The molecule has 0 spiro atoms. The van der Waals surface area contributed by atoms with E-state index in [0.29, 0.717) is 10.8 Å². The van der Waals surface area contributed by atoms with E-state index in [1.165, 1.54) is 4.90 Å². The van der Waals surface area contributed by atoms with Crippen molar-refractivity contribution in [2.45, 2.75) is 38.1 Å². The minimum Gasteiger partial charge on any atom is -0.481 e. The van der Waals surface area contributed by atoms with Crippen LogP contribution >= 0.6 is 11.6 Å². The van der Waals surface area contributed by atoms with Gasteiger partial charge in [0.05, 0.1) is 0 Å². The van der Waals surface area contributed by atoms with E-state index in [1.54, 1.807) is 31.2 Å². The third-order valence-electron chi connectivity index (χ3n) is 3.87. The van der Waals surface area contributed by atoms with E-state index in [-0.39, 0.29) is 31.8 Å². The topological polar surface area (TPSA) is 58.6 Å². The first-order valence-corrected chi connectivity index (χ1v) is 8.13. The Morgan fingerprint density at radius 2 is 1.80 bits per heavy atom. The van der Waals surface area contributed by atoms with E-state index in [1.807, 2.05) is 5.32 Å². The number of likely N-dealkylation sites (tertiary alicyclic amines) is 1. The lowest BCUT2D eigenvalue weighted by Crippen LogP contribution is -2.51. The van der Waals surface area contributed by atoms with E-state index in [4.69, 9.17) is 16.3 Å². The molecule has 1 unspecified atom stereocenters. The standard InChI is InChI=1S/C16H18ClF3N2O3/c1-10(25-13-4-2-11(17)3-5-13)14(23)22-8-6-12(7-9-22)21-15(24)16(18,19)20/h2-5,10,12H,6-9H2,1H3,(H,21,24). The predicted molar refractivity (Wildman–Crippen MR) is 85.3 cm³/mol. The second kappa shape index (κ2) is 7.95. The number of carbonyl (C=O) groups excluding carboxylic acids is 2.